The number of nitrogens with zero attached hydrogens (tertiary/aromatic N) is 7. The van der Waals surface area contributed by atoms with Gasteiger partial charge in [0, 0.05) is 44.3 Å². The molecule has 0 bridgehead atoms. The van der Waals surface area contributed by atoms with Crippen LogP contribution >= 0.6 is 11.6 Å². The van der Waals surface area contributed by atoms with Crippen LogP contribution in [0.25, 0.3) is 22.5 Å². The van der Waals surface area contributed by atoms with E-state index in [1.54, 1.807) is 28.9 Å². The molecule has 36 heavy (non-hydrogen) atoms. The maximum absolute atomic E-state index is 13.4. The van der Waals surface area contributed by atoms with Crippen LogP contribution in [-0.2, 0) is 0 Å². The van der Waals surface area contributed by atoms with Gasteiger partial charge in [-0.3, -0.25) is 9.20 Å². The minimum atomic E-state index is -0.299. The standard InChI is InChI=1S/C25H24ClN9O/c1-2-16-13-27-9-11-33(16)17-7-8-21(29-14-17)31-24-30-15-18-22(32-24)34-12-10-28-25(34)35(23(18)36)20-6-4-3-5-19(20)26/h3-8,10,12,14-16,27H,2,9,11,13H2,1H3,(H,29,30,31,32). The summed E-state index contributed by atoms with van der Waals surface area (Å²) in [7, 11) is 0. The second-order valence-electron chi connectivity index (χ2n) is 8.61. The van der Waals surface area contributed by atoms with E-state index in [1.165, 1.54) is 10.8 Å². The van der Waals surface area contributed by atoms with Crippen molar-refractivity contribution in [2.24, 2.45) is 0 Å². The lowest BCUT2D eigenvalue weighted by atomic mass is 10.1. The van der Waals surface area contributed by atoms with Crippen molar-refractivity contribution in [1.82, 2.24) is 34.2 Å². The maximum Gasteiger partial charge on any atom is 0.270 e. The van der Waals surface area contributed by atoms with Crippen LogP contribution in [0.4, 0.5) is 17.5 Å². The van der Waals surface area contributed by atoms with Gasteiger partial charge in [0.1, 0.15) is 11.2 Å². The molecule has 1 fully saturated rings. The summed E-state index contributed by atoms with van der Waals surface area (Å²) >= 11 is 6.39. The number of piperazine rings is 1. The van der Waals surface area contributed by atoms with Crippen molar-refractivity contribution in [2.45, 2.75) is 19.4 Å². The van der Waals surface area contributed by atoms with Gasteiger partial charge in [-0.2, -0.15) is 4.98 Å². The van der Waals surface area contributed by atoms with E-state index in [0.29, 0.717) is 45.3 Å². The summed E-state index contributed by atoms with van der Waals surface area (Å²) in [5.41, 5.74) is 1.78. The van der Waals surface area contributed by atoms with Gasteiger partial charge in [0.15, 0.2) is 5.65 Å². The summed E-state index contributed by atoms with van der Waals surface area (Å²) in [5.74, 6) is 1.36. The van der Waals surface area contributed by atoms with Crippen LogP contribution in [0.2, 0.25) is 5.02 Å². The van der Waals surface area contributed by atoms with Gasteiger partial charge in [-0.25, -0.2) is 19.5 Å². The average molecular weight is 502 g/mol. The number of nitrogens with one attached hydrogen (secondary N) is 2. The number of imidazole rings is 1. The van der Waals surface area contributed by atoms with Crippen molar-refractivity contribution in [3.8, 4) is 5.69 Å². The second kappa shape index (κ2) is 9.21. The van der Waals surface area contributed by atoms with Crippen LogP contribution in [0.1, 0.15) is 13.3 Å². The molecule has 0 radical (unpaired) electrons. The summed E-state index contributed by atoms with van der Waals surface area (Å²) in [6.07, 6.45) is 7.83. The van der Waals surface area contributed by atoms with Gasteiger partial charge in [0.25, 0.3) is 5.56 Å². The third kappa shape index (κ3) is 3.84. The molecule has 2 N–H and O–H groups in total. The molecule has 1 unspecified atom stereocenters. The fourth-order valence-corrected chi connectivity index (χ4v) is 4.89. The molecule has 5 aromatic rings. The molecule has 4 aromatic heterocycles. The van der Waals surface area contributed by atoms with Gasteiger partial charge in [-0.1, -0.05) is 30.7 Å². The Morgan fingerprint density at radius 2 is 2.03 bits per heavy atom. The number of benzene rings is 1. The highest BCUT2D eigenvalue weighted by Crippen LogP contribution is 2.24. The lowest BCUT2D eigenvalue weighted by molar-refractivity contribution is 0.466. The summed E-state index contributed by atoms with van der Waals surface area (Å²) in [5, 5.41) is 7.40. The molecule has 0 spiro atoms. The van der Waals surface area contributed by atoms with Gasteiger partial charge in [0.05, 0.1) is 22.6 Å². The quantitative estimate of drug-likeness (QED) is 0.377. The Bertz CT molecular complexity index is 1610. The van der Waals surface area contributed by atoms with Crippen molar-refractivity contribution < 1.29 is 0 Å². The van der Waals surface area contributed by atoms with Crippen LogP contribution < -0.4 is 21.1 Å². The van der Waals surface area contributed by atoms with Gasteiger partial charge in [-0.05, 0) is 30.7 Å². The van der Waals surface area contributed by atoms with Crippen LogP contribution in [0.5, 0.6) is 0 Å². The molecule has 6 rings (SSSR count). The summed E-state index contributed by atoms with van der Waals surface area (Å²) in [4.78, 5) is 33.8. The minimum absolute atomic E-state index is 0.299. The van der Waals surface area contributed by atoms with Gasteiger partial charge in [0.2, 0.25) is 11.7 Å². The smallest absolute Gasteiger partial charge is 0.270 e. The molecule has 0 amide bonds. The van der Waals surface area contributed by atoms with Gasteiger partial charge < -0.3 is 15.5 Å². The third-order valence-corrected chi connectivity index (χ3v) is 6.81. The highest BCUT2D eigenvalue weighted by Gasteiger charge is 2.21. The number of anilines is 3. The number of hydrogen-bond donors (Lipinski definition) is 2. The number of fused-ring (bicyclic) bond motifs is 3. The normalized spacial score (nSPS) is 16.1. The summed E-state index contributed by atoms with van der Waals surface area (Å²) < 4.78 is 3.22. The maximum atomic E-state index is 13.4. The zero-order chi connectivity index (χ0) is 24.6. The van der Waals surface area contributed by atoms with Crippen LogP contribution in [0.15, 0.2) is 66.0 Å². The van der Waals surface area contributed by atoms with Crippen molar-refractivity contribution in [1.29, 1.82) is 0 Å². The predicted octanol–water partition coefficient (Wildman–Crippen LogP) is 3.41. The molecule has 0 aliphatic carbocycles. The largest absolute Gasteiger partial charge is 0.365 e. The molecule has 11 heteroatoms. The van der Waals surface area contributed by atoms with E-state index >= 15 is 0 Å². The second-order valence-corrected chi connectivity index (χ2v) is 9.01. The Kier molecular flexibility index (Phi) is 5.74. The number of rotatable bonds is 5. The van der Waals surface area contributed by atoms with Crippen LogP contribution in [-0.4, -0.2) is 54.6 Å². The first-order chi connectivity index (χ1) is 17.6. The first-order valence-electron chi connectivity index (χ1n) is 11.8. The van der Waals surface area contributed by atoms with Crippen molar-refractivity contribution in [2.75, 3.05) is 29.9 Å². The zero-order valence-corrected chi connectivity index (χ0v) is 20.4. The van der Waals surface area contributed by atoms with E-state index in [2.05, 4.69) is 48.5 Å². The molecule has 1 saturated heterocycles. The van der Waals surface area contributed by atoms with Gasteiger partial charge >= 0.3 is 0 Å². The molecule has 1 aromatic carbocycles. The highest BCUT2D eigenvalue weighted by molar-refractivity contribution is 6.32. The zero-order valence-electron chi connectivity index (χ0n) is 19.6. The van der Waals surface area contributed by atoms with E-state index < -0.39 is 0 Å². The van der Waals surface area contributed by atoms with Crippen molar-refractivity contribution in [3.63, 3.8) is 0 Å². The topological polar surface area (TPSA) is 105 Å². The van der Waals surface area contributed by atoms with E-state index in [-0.39, 0.29) is 5.56 Å². The van der Waals surface area contributed by atoms with E-state index in [0.717, 1.165) is 31.7 Å². The first-order valence-corrected chi connectivity index (χ1v) is 12.2. The Labute approximate surface area is 211 Å². The number of halogens is 1. The lowest BCUT2D eigenvalue weighted by Crippen LogP contribution is -2.51. The average Bonchev–Trinajstić information content (AvgIpc) is 3.40. The Morgan fingerprint density at radius 3 is 2.83 bits per heavy atom. The Morgan fingerprint density at radius 1 is 1.14 bits per heavy atom. The monoisotopic (exact) mass is 501 g/mol. The molecule has 1 atom stereocenters. The van der Waals surface area contributed by atoms with Crippen molar-refractivity contribution in [3.05, 3.63) is 76.6 Å². The SMILES string of the molecule is CCC1CNCCN1c1ccc(Nc2ncc3c(=O)n(-c4ccccc4Cl)c4nccn4c3n2)nc1. The molecule has 5 heterocycles. The summed E-state index contributed by atoms with van der Waals surface area (Å²) in [6, 6.07) is 11.6. The number of para-hydroxylation sites is 1. The molecule has 0 saturated carbocycles. The third-order valence-electron chi connectivity index (χ3n) is 6.49. The molecule has 1 aliphatic heterocycles. The fourth-order valence-electron chi connectivity index (χ4n) is 4.67. The summed E-state index contributed by atoms with van der Waals surface area (Å²) in [6.45, 7) is 5.09. The molecular weight excluding hydrogens is 478 g/mol. The number of aromatic nitrogens is 6. The van der Waals surface area contributed by atoms with E-state index in [4.69, 9.17) is 11.6 Å². The van der Waals surface area contributed by atoms with E-state index in [9.17, 15) is 4.79 Å². The van der Waals surface area contributed by atoms with Crippen LogP contribution in [0, 0.1) is 0 Å². The molecule has 1 aliphatic rings. The van der Waals surface area contributed by atoms with E-state index in [1.807, 2.05) is 24.4 Å². The van der Waals surface area contributed by atoms with Crippen molar-refractivity contribution >= 4 is 45.9 Å². The lowest BCUT2D eigenvalue weighted by Gasteiger charge is -2.37. The highest BCUT2D eigenvalue weighted by atomic mass is 35.5. The van der Waals surface area contributed by atoms with Gasteiger partial charge in [-0.15, -0.1) is 0 Å². The Balaban J connectivity index is 1.35. The van der Waals surface area contributed by atoms with Crippen LogP contribution in [0.3, 0.4) is 0 Å². The first kappa shape index (κ1) is 22.4. The minimum Gasteiger partial charge on any atom is -0.365 e. The molecule has 10 nitrogen and oxygen atoms in total. The molecule has 182 valence electrons. The fraction of sp³-hybridized carbons (Fsp3) is 0.240. The Hall–Kier alpha value is -4.02. The number of pyridine rings is 1. The number of hydrogen-bond acceptors (Lipinski definition) is 8. The molecular formula is C25H24ClN9O. The predicted molar refractivity (Wildman–Crippen MR) is 141 cm³/mol.